The third-order valence-electron chi connectivity index (χ3n) is 1.24. The van der Waals surface area contributed by atoms with Gasteiger partial charge in [0.15, 0.2) is 0 Å². The smallest absolute Gasteiger partial charge is 0.314 e. The number of halogens is 1. The summed E-state index contributed by atoms with van der Waals surface area (Å²) in [4.78, 5) is 1.06. The molecule has 0 spiro atoms. The van der Waals surface area contributed by atoms with Crippen LogP contribution in [0, 0.1) is 5.21 Å². The maximum Gasteiger partial charge on any atom is 0.314 e. The molecule has 6 heteroatoms. The Balaban J connectivity index is 3.19. The fourth-order valence-corrected chi connectivity index (χ4v) is 1.43. The first-order chi connectivity index (χ1) is 5.69. The quantitative estimate of drug-likeness (QED) is 0.413. The summed E-state index contributed by atoms with van der Waals surface area (Å²) in [5, 5.41) is 14.4. The van der Waals surface area contributed by atoms with Crippen LogP contribution in [0.5, 0.6) is 5.88 Å². The third-order valence-corrected chi connectivity index (χ3v) is 2.22. The lowest BCUT2D eigenvalue weighted by Gasteiger charge is -2.03. The van der Waals surface area contributed by atoms with Crippen molar-refractivity contribution in [3.8, 4) is 5.88 Å². The Bertz CT molecular complexity index is 266. The topological polar surface area (TPSA) is 49.1 Å². The van der Waals surface area contributed by atoms with E-state index in [2.05, 4.69) is 5.10 Å². The van der Waals surface area contributed by atoms with Crippen molar-refractivity contribution in [1.82, 2.24) is 5.10 Å². The molecule has 0 bridgehead atoms. The Morgan fingerprint density at radius 2 is 2.42 bits per heavy atom. The summed E-state index contributed by atoms with van der Waals surface area (Å²) in [6.45, 7) is 0. The van der Waals surface area contributed by atoms with E-state index < -0.39 is 0 Å². The summed E-state index contributed by atoms with van der Waals surface area (Å²) in [6, 6.07) is 1.52. The van der Waals surface area contributed by atoms with Gasteiger partial charge in [0, 0.05) is 6.07 Å². The molecule has 0 N–H and O–H groups in total. The van der Waals surface area contributed by atoms with Crippen LogP contribution in [0.1, 0.15) is 0 Å². The van der Waals surface area contributed by atoms with E-state index >= 15 is 0 Å². The highest BCUT2D eigenvalue weighted by Gasteiger charge is 2.12. The molecule has 12 heavy (non-hydrogen) atoms. The Kier molecular flexibility index (Phi) is 2.99. The highest BCUT2D eigenvalue weighted by atomic mass is 35.5. The number of aromatic nitrogens is 2. The number of nitrogens with zero attached hydrogens (tertiary/aromatic N) is 2. The van der Waals surface area contributed by atoms with E-state index in [9.17, 15) is 5.21 Å². The first-order valence-corrected chi connectivity index (χ1v) is 4.67. The van der Waals surface area contributed by atoms with Gasteiger partial charge >= 0.3 is 5.15 Å². The van der Waals surface area contributed by atoms with Crippen LogP contribution in [0.15, 0.2) is 11.0 Å². The molecule has 0 aliphatic carbocycles. The molecule has 0 aliphatic heterocycles. The van der Waals surface area contributed by atoms with Crippen molar-refractivity contribution in [2.75, 3.05) is 13.4 Å². The first kappa shape index (κ1) is 9.41. The number of ether oxygens (including phenoxy) is 1. The molecule has 66 valence electrons. The molecule has 0 saturated heterocycles. The lowest BCUT2D eigenvalue weighted by atomic mass is 10.5. The van der Waals surface area contributed by atoms with E-state index in [4.69, 9.17) is 16.3 Å². The molecule has 0 amide bonds. The summed E-state index contributed by atoms with van der Waals surface area (Å²) in [6.07, 6.45) is 1.85. The van der Waals surface area contributed by atoms with Gasteiger partial charge in [-0.1, -0.05) is 0 Å². The molecule has 0 fully saturated rings. The number of rotatable bonds is 2. The highest BCUT2D eigenvalue weighted by molar-refractivity contribution is 7.98. The van der Waals surface area contributed by atoms with Crippen LogP contribution < -0.4 is 9.58 Å². The number of methoxy groups -OCH3 is 1. The largest absolute Gasteiger partial charge is 0.593 e. The van der Waals surface area contributed by atoms with Crippen molar-refractivity contribution < 1.29 is 9.58 Å². The van der Waals surface area contributed by atoms with Crippen LogP contribution in [0.4, 0.5) is 0 Å². The van der Waals surface area contributed by atoms with Gasteiger partial charge in [0.2, 0.25) is 0 Å². The van der Waals surface area contributed by atoms with Crippen LogP contribution in [0.25, 0.3) is 0 Å². The molecule has 0 unspecified atom stereocenters. The number of hydrogen-bond acceptors (Lipinski definition) is 4. The maximum atomic E-state index is 10.9. The Morgan fingerprint density at radius 1 is 1.75 bits per heavy atom. The summed E-state index contributed by atoms with van der Waals surface area (Å²) in [5.74, 6) is 0.293. The minimum Gasteiger partial charge on any atom is -0.593 e. The minimum atomic E-state index is 0.0418. The summed E-state index contributed by atoms with van der Waals surface area (Å²) in [5.41, 5.74) is 0. The molecule has 0 aliphatic rings. The Hall–Kier alpha value is -0.680. The Labute approximate surface area is 79.1 Å². The number of hydrogen-bond donors (Lipinski definition) is 0. The van der Waals surface area contributed by atoms with Crippen molar-refractivity contribution >= 4 is 23.4 Å². The van der Waals surface area contributed by atoms with Crippen LogP contribution >= 0.6 is 23.4 Å². The van der Waals surface area contributed by atoms with Gasteiger partial charge in [0.25, 0.3) is 5.88 Å². The monoisotopic (exact) mass is 206 g/mol. The second-order valence-electron chi connectivity index (χ2n) is 1.92. The third kappa shape index (κ3) is 1.73. The van der Waals surface area contributed by atoms with E-state index in [1.54, 1.807) is 0 Å². The standard InChI is InChI=1S/C6H7ClN2O2S/c1-11-6-4(12-2)3-5(7)9(10)8-6/h3H,1-2H3. The van der Waals surface area contributed by atoms with Crippen LogP contribution in [-0.4, -0.2) is 18.5 Å². The molecule has 0 radical (unpaired) electrons. The number of thioether (sulfide) groups is 1. The van der Waals surface area contributed by atoms with Gasteiger partial charge in [0.1, 0.15) is 0 Å². The van der Waals surface area contributed by atoms with Gasteiger partial charge in [-0.15, -0.1) is 11.8 Å². The van der Waals surface area contributed by atoms with Crippen molar-refractivity contribution in [2.24, 2.45) is 0 Å². The second-order valence-corrected chi connectivity index (χ2v) is 3.15. The van der Waals surface area contributed by atoms with Crippen molar-refractivity contribution in [3.63, 3.8) is 0 Å². The zero-order chi connectivity index (χ0) is 9.14. The SMILES string of the molecule is COc1n[n+]([O-])c(Cl)cc1SC. The van der Waals surface area contributed by atoms with E-state index in [1.807, 2.05) is 6.26 Å². The second kappa shape index (κ2) is 3.82. The molecule has 0 atom stereocenters. The summed E-state index contributed by atoms with van der Waals surface area (Å²) >= 11 is 6.96. The van der Waals surface area contributed by atoms with E-state index in [0.717, 1.165) is 4.90 Å². The molecular formula is C6H7ClN2O2S. The maximum absolute atomic E-state index is 10.9. The molecular weight excluding hydrogens is 200 g/mol. The predicted molar refractivity (Wildman–Crippen MR) is 46.5 cm³/mol. The first-order valence-electron chi connectivity index (χ1n) is 3.07. The molecule has 1 aromatic rings. The highest BCUT2D eigenvalue weighted by Crippen LogP contribution is 2.25. The lowest BCUT2D eigenvalue weighted by Crippen LogP contribution is -2.32. The molecule has 1 aromatic heterocycles. The predicted octanol–water partition coefficient (Wildman–Crippen LogP) is 1.10. The average Bonchev–Trinajstić information content (AvgIpc) is 2.09. The molecule has 4 nitrogen and oxygen atoms in total. The molecule has 1 heterocycles. The Morgan fingerprint density at radius 3 is 2.92 bits per heavy atom. The van der Waals surface area contributed by atoms with Gasteiger partial charge in [-0.2, -0.15) is 0 Å². The van der Waals surface area contributed by atoms with Crippen LogP contribution in [-0.2, 0) is 0 Å². The van der Waals surface area contributed by atoms with Crippen LogP contribution in [0.3, 0.4) is 0 Å². The zero-order valence-corrected chi connectivity index (χ0v) is 8.15. The average molecular weight is 207 g/mol. The normalized spacial score (nSPS) is 9.92. The van der Waals surface area contributed by atoms with Gasteiger partial charge < -0.3 is 9.94 Å². The zero-order valence-electron chi connectivity index (χ0n) is 6.57. The summed E-state index contributed by atoms with van der Waals surface area (Å²) < 4.78 is 4.86. The van der Waals surface area contributed by atoms with E-state index in [1.165, 1.54) is 24.9 Å². The van der Waals surface area contributed by atoms with Crippen molar-refractivity contribution in [3.05, 3.63) is 16.4 Å². The minimum absolute atomic E-state index is 0.0418. The van der Waals surface area contributed by atoms with Gasteiger partial charge in [-0.05, 0) is 22.7 Å². The molecule has 0 aromatic carbocycles. The lowest BCUT2D eigenvalue weighted by molar-refractivity contribution is -0.668. The fourth-order valence-electron chi connectivity index (χ4n) is 0.692. The van der Waals surface area contributed by atoms with Gasteiger partial charge in [-0.3, -0.25) is 0 Å². The fraction of sp³-hybridized carbons (Fsp3) is 0.333. The molecule has 1 rings (SSSR count). The van der Waals surface area contributed by atoms with Crippen molar-refractivity contribution in [1.29, 1.82) is 0 Å². The van der Waals surface area contributed by atoms with E-state index in [0.29, 0.717) is 10.7 Å². The van der Waals surface area contributed by atoms with Crippen molar-refractivity contribution in [2.45, 2.75) is 4.90 Å². The van der Waals surface area contributed by atoms with Crippen LogP contribution in [0.2, 0.25) is 5.15 Å². The van der Waals surface area contributed by atoms with Gasteiger partial charge in [-0.25, -0.2) is 0 Å². The van der Waals surface area contributed by atoms with E-state index in [-0.39, 0.29) is 5.15 Å². The summed E-state index contributed by atoms with van der Waals surface area (Å²) in [7, 11) is 1.45. The molecule has 0 saturated carbocycles. The van der Waals surface area contributed by atoms with Gasteiger partial charge in [0.05, 0.1) is 17.1 Å².